The van der Waals surface area contributed by atoms with E-state index in [4.69, 9.17) is 4.74 Å². The van der Waals surface area contributed by atoms with Crippen molar-refractivity contribution >= 4 is 11.9 Å². The van der Waals surface area contributed by atoms with Gasteiger partial charge in [0.2, 0.25) is 5.91 Å². The molecule has 0 saturated carbocycles. The van der Waals surface area contributed by atoms with Crippen LogP contribution in [0.1, 0.15) is 37.3 Å². The molecular formula is C19H25N3O3. The largest absolute Gasteiger partial charge is 0.491 e. The van der Waals surface area contributed by atoms with Crippen LogP contribution in [0.15, 0.2) is 24.3 Å². The van der Waals surface area contributed by atoms with E-state index < -0.39 is 0 Å². The Hall–Kier alpha value is -2.24. The third kappa shape index (κ3) is 3.30. The van der Waals surface area contributed by atoms with Gasteiger partial charge in [0, 0.05) is 31.7 Å². The van der Waals surface area contributed by atoms with E-state index in [1.807, 2.05) is 34.1 Å². The highest BCUT2D eigenvalue weighted by Gasteiger charge is 2.33. The summed E-state index contributed by atoms with van der Waals surface area (Å²) in [5.74, 6) is 0.750. The van der Waals surface area contributed by atoms with Crippen molar-refractivity contribution in [3.8, 4) is 5.75 Å². The van der Waals surface area contributed by atoms with E-state index in [-0.39, 0.29) is 23.9 Å². The number of carbonyl (C=O) groups is 2. The molecule has 0 radical (unpaired) electrons. The molecule has 0 spiro atoms. The van der Waals surface area contributed by atoms with Gasteiger partial charge in [-0.15, -0.1) is 0 Å². The zero-order chi connectivity index (χ0) is 17.2. The maximum atomic E-state index is 12.7. The quantitative estimate of drug-likeness (QED) is 0.895. The molecule has 2 atom stereocenters. The third-order valence-electron chi connectivity index (χ3n) is 5.46. The molecule has 1 N–H and O–H groups in total. The number of para-hydroxylation sites is 1. The van der Waals surface area contributed by atoms with Gasteiger partial charge in [-0.3, -0.25) is 4.79 Å². The average molecular weight is 343 g/mol. The third-order valence-corrected chi connectivity index (χ3v) is 5.46. The summed E-state index contributed by atoms with van der Waals surface area (Å²) in [6, 6.07) is 7.84. The Kier molecular flexibility index (Phi) is 4.51. The molecule has 3 aliphatic rings. The Morgan fingerprint density at radius 2 is 1.80 bits per heavy atom. The summed E-state index contributed by atoms with van der Waals surface area (Å²) < 4.78 is 5.64. The van der Waals surface area contributed by atoms with Crippen molar-refractivity contribution in [1.82, 2.24) is 15.1 Å². The van der Waals surface area contributed by atoms with Gasteiger partial charge in [0.25, 0.3) is 0 Å². The fourth-order valence-corrected chi connectivity index (χ4v) is 4.05. The molecule has 0 aromatic heterocycles. The molecule has 3 amide bonds. The van der Waals surface area contributed by atoms with Gasteiger partial charge in [-0.1, -0.05) is 18.2 Å². The molecule has 0 aliphatic carbocycles. The van der Waals surface area contributed by atoms with E-state index in [2.05, 4.69) is 5.32 Å². The second-order valence-corrected chi connectivity index (χ2v) is 7.17. The molecule has 0 bridgehead atoms. The van der Waals surface area contributed by atoms with E-state index in [1.54, 1.807) is 0 Å². The lowest BCUT2D eigenvalue weighted by Crippen LogP contribution is -2.50. The monoisotopic (exact) mass is 343 g/mol. The van der Waals surface area contributed by atoms with Crippen molar-refractivity contribution in [2.75, 3.05) is 32.8 Å². The number of fused-ring (bicyclic) bond motifs is 1. The Morgan fingerprint density at radius 3 is 2.64 bits per heavy atom. The predicted octanol–water partition coefficient (Wildman–Crippen LogP) is 2.16. The van der Waals surface area contributed by atoms with Crippen LogP contribution in [0, 0.1) is 5.92 Å². The Bertz CT molecular complexity index is 657. The van der Waals surface area contributed by atoms with Crippen molar-refractivity contribution in [1.29, 1.82) is 0 Å². The van der Waals surface area contributed by atoms with Gasteiger partial charge in [-0.25, -0.2) is 4.79 Å². The van der Waals surface area contributed by atoms with Crippen LogP contribution < -0.4 is 10.1 Å². The van der Waals surface area contributed by atoms with Gasteiger partial charge in [0.05, 0.1) is 12.0 Å². The lowest BCUT2D eigenvalue weighted by atomic mass is 9.96. The first-order valence-corrected chi connectivity index (χ1v) is 9.28. The van der Waals surface area contributed by atoms with E-state index >= 15 is 0 Å². The number of carbonyl (C=O) groups excluding carboxylic acids is 2. The number of rotatable bonds is 2. The molecule has 1 aromatic carbocycles. The number of benzene rings is 1. The van der Waals surface area contributed by atoms with Gasteiger partial charge < -0.3 is 19.9 Å². The topological polar surface area (TPSA) is 61.9 Å². The van der Waals surface area contributed by atoms with Gasteiger partial charge in [-0.2, -0.15) is 0 Å². The Morgan fingerprint density at radius 1 is 1.04 bits per heavy atom. The number of nitrogens with one attached hydrogen (secondary N) is 1. The van der Waals surface area contributed by atoms with Crippen LogP contribution in [0.2, 0.25) is 0 Å². The fraction of sp³-hybridized carbons (Fsp3) is 0.579. The summed E-state index contributed by atoms with van der Waals surface area (Å²) >= 11 is 0. The molecule has 6 heteroatoms. The number of hydrogen-bond donors (Lipinski definition) is 1. The summed E-state index contributed by atoms with van der Waals surface area (Å²) in [5.41, 5.74) is 1.04. The minimum Gasteiger partial charge on any atom is -0.491 e. The van der Waals surface area contributed by atoms with E-state index in [0.717, 1.165) is 56.6 Å². The van der Waals surface area contributed by atoms with E-state index in [0.29, 0.717) is 13.2 Å². The molecule has 2 saturated heterocycles. The highest BCUT2D eigenvalue weighted by Crippen LogP contribution is 2.32. The smallest absolute Gasteiger partial charge is 0.320 e. The predicted molar refractivity (Wildman–Crippen MR) is 93.3 cm³/mol. The standard InChI is InChI=1S/C19H25N3O3/c23-18(20-16-13-25-17-8-2-1-7-15(16)17)14-6-5-11-22(12-14)19(24)21-9-3-4-10-21/h1-2,7-8,14,16H,3-6,9-13H2,(H,20,23)/t14-,16+/m0/s1. The zero-order valence-electron chi connectivity index (χ0n) is 14.4. The number of urea groups is 1. The molecule has 4 rings (SSSR count). The van der Waals surface area contributed by atoms with Crippen molar-refractivity contribution in [2.24, 2.45) is 5.92 Å². The van der Waals surface area contributed by atoms with Crippen molar-refractivity contribution in [3.05, 3.63) is 29.8 Å². The Balaban J connectivity index is 1.36. The highest BCUT2D eigenvalue weighted by atomic mass is 16.5. The number of hydrogen-bond acceptors (Lipinski definition) is 3. The summed E-state index contributed by atoms with van der Waals surface area (Å²) in [4.78, 5) is 29.1. The summed E-state index contributed by atoms with van der Waals surface area (Å²) in [5, 5.41) is 3.12. The SMILES string of the molecule is O=C(N[C@@H]1COc2ccccc21)[C@H]1CCCN(C(=O)N2CCCC2)C1. The van der Waals surface area contributed by atoms with Crippen molar-refractivity contribution in [2.45, 2.75) is 31.7 Å². The molecule has 3 heterocycles. The molecular weight excluding hydrogens is 318 g/mol. The van der Waals surface area contributed by atoms with Crippen LogP contribution in [-0.2, 0) is 4.79 Å². The molecule has 3 aliphatic heterocycles. The molecule has 6 nitrogen and oxygen atoms in total. The lowest BCUT2D eigenvalue weighted by Gasteiger charge is -2.35. The molecule has 2 fully saturated rings. The second-order valence-electron chi connectivity index (χ2n) is 7.17. The minimum atomic E-state index is -0.131. The number of amides is 3. The second kappa shape index (κ2) is 6.94. The van der Waals surface area contributed by atoms with Crippen molar-refractivity contribution < 1.29 is 14.3 Å². The number of nitrogens with zero attached hydrogens (tertiary/aromatic N) is 2. The van der Waals surface area contributed by atoms with E-state index in [9.17, 15) is 9.59 Å². The summed E-state index contributed by atoms with van der Waals surface area (Å²) in [6.45, 7) is 3.46. The fourth-order valence-electron chi connectivity index (χ4n) is 4.05. The normalized spacial score (nSPS) is 25.4. The zero-order valence-corrected chi connectivity index (χ0v) is 14.4. The van der Waals surface area contributed by atoms with Crippen LogP contribution in [0.25, 0.3) is 0 Å². The number of piperidine rings is 1. The highest BCUT2D eigenvalue weighted by molar-refractivity contribution is 5.81. The summed E-state index contributed by atoms with van der Waals surface area (Å²) in [7, 11) is 0. The van der Waals surface area contributed by atoms with Crippen LogP contribution in [0.5, 0.6) is 5.75 Å². The first-order chi connectivity index (χ1) is 12.2. The maximum Gasteiger partial charge on any atom is 0.320 e. The van der Waals surface area contributed by atoms with Gasteiger partial charge >= 0.3 is 6.03 Å². The van der Waals surface area contributed by atoms with Crippen LogP contribution in [0.3, 0.4) is 0 Å². The summed E-state index contributed by atoms with van der Waals surface area (Å²) in [6.07, 6.45) is 3.90. The van der Waals surface area contributed by atoms with Crippen molar-refractivity contribution in [3.63, 3.8) is 0 Å². The van der Waals surface area contributed by atoms with E-state index in [1.165, 1.54) is 0 Å². The van der Waals surface area contributed by atoms with Gasteiger partial charge in [0.1, 0.15) is 12.4 Å². The molecule has 1 aromatic rings. The molecule has 25 heavy (non-hydrogen) atoms. The maximum absolute atomic E-state index is 12.7. The number of ether oxygens (including phenoxy) is 1. The average Bonchev–Trinajstić information content (AvgIpc) is 3.32. The first-order valence-electron chi connectivity index (χ1n) is 9.28. The minimum absolute atomic E-state index is 0.0317. The van der Waals surface area contributed by atoms with Crippen LogP contribution in [-0.4, -0.2) is 54.5 Å². The van der Waals surface area contributed by atoms with Gasteiger partial charge in [-0.05, 0) is 31.7 Å². The Labute approximate surface area is 148 Å². The van der Waals surface area contributed by atoms with Gasteiger partial charge in [0.15, 0.2) is 0 Å². The molecule has 0 unspecified atom stereocenters. The lowest BCUT2D eigenvalue weighted by molar-refractivity contribution is -0.127. The number of likely N-dealkylation sites (tertiary alicyclic amines) is 2. The first kappa shape index (κ1) is 16.2. The van der Waals surface area contributed by atoms with Crippen LogP contribution >= 0.6 is 0 Å². The molecule has 134 valence electrons. The van der Waals surface area contributed by atoms with Crippen LogP contribution in [0.4, 0.5) is 4.79 Å².